The van der Waals surface area contributed by atoms with E-state index in [0.717, 1.165) is 19.5 Å². The second-order valence-electron chi connectivity index (χ2n) is 2.74. The van der Waals surface area contributed by atoms with Crippen LogP contribution in [0.3, 0.4) is 0 Å². The van der Waals surface area contributed by atoms with Gasteiger partial charge in [-0.05, 0) is 19.6 Å². The van der Waals surface area contributed by atoms with Crippen molar-refractivity contribution in [1.82, 2.24) is 10.7 Å². The third-order valence-electron chi connectivity index (χ3n) is 1.69. The molecule has 4 N–H and O–H groups in total. The van der Waals surface area contributed by atoms with E-state index in [9.17, 15) is 0 Å². The van der Waals surface area contributed by atoms with Crippen LogP contribution in [0, 0.1) is 0 Å². The fourth-order valence-corrected chi connectivity index (χ4v) is 1.14. The van der Waals surface area contributed by atoms with Gasteiger partial charge in [-0.1, -0.05) is 6.92 Å². The number of nitrogens with one attached hydrogen (secondary N) is 2. The number of hydrogen-bond donors (Lipinski definition) is 3. The molecular weight excluding hydrogens is 184 g/mol. The van der Waals surface area contributed by atoms with Crippen LogP contribution in [0.4, 0.5) is 0 Å². The van der Waals surface area contributed by atoms with Gasteiger partial charge in [0.05, 0.1) is 0 Å². The minimum absolute atomic E-state index is 0.657. The first-order chi connectivity index (χ1) is 6.24. The molecule has 1 atom stereocenters. The molecule has 4 nitrogen and oxygen atoms in total. The highest BCUT2D eigenvalue weighted by Gasteiger charge is 1.98. The molecule has 0 saturated heterocycles. The van der Waals surface area contributed by atoms with Gasteiger partial charge in [0.15, 0.2) is 0 Å². The number of rotatable bonds is 5. The van der Waals surface area contributed by atoms with E-state index in [1.54, 1.807) is 0 Å². The van der Waals surface area contributed by atoms with Crippen LogP contribution < -0.4 is 16.6 Å². The SMILES string of the molecule is CCNC(=NCCC(C)SC)NN. The standard InChI is InChI=1S/C8H20N4S/c1-4-10-8(12-9)11-6-5-7(2)13-3/h7H,4-6,9H2,1-3H3,(H2,10,11,12). The Labute approximate surface area is 84.7 Å². The number of hydrogen-bond acceptors (Lipinski definition) is 3. The average molecular weight is 204 g/mol. The Morgan fingerprint density at radius 2 is 2.31 bits per heavy atom. The summed E-state index contributed by atoms with van der Waals surface area (Å²) in [5.74, 6) is 5.94. The van der Waals surface area contributed by atoms with E-state index in [1.165, 1.54) is 0 Å². The molecule has 0 spiro atoms. The van der Waals surface area contributed by atoms with E-state index >= 15 is 0 Å². The predicted molar refractivity (Wildman–Crippen MR) is 60.9 cm³/mol. The Balaban J connectivity index is 3.65. The van der Waals surface area contributed by atoms with E-state index in [-0.39, 0.29) is 0 Å². The highest BCUT2D eigenvalue weighted by atomic mass is 32.2. The van der Waals surface area contributed by atoms with Crippen LogP contribution in [0.2, 0.25) is 0 Å². The van der Waals surface area contributed by atoms with Crippen LogP contribution in [0.25, 0.3) is 0 Å². The summed E-state index contributed by atoms with van der Waals surface area (Å²) in [6.45, 7) is 5.86. The summed E-state index contributed by atoms with van der Waals surface area (Å²) in [6.07, 6.45) is 3.19. The fourth-order valence-electron chi connectivity index (χ4n) is 0.796. The summed E-state index contributed by atoms with van der Waals surface area (Å²) < 4.78 is 0. The van der Waals surface area contributed by atoms with Gasteiger partial charge in [-0.25, -0.2) is 5.84 Å². The molecule has 78 valence electrons. The van der Waals surface area contributed by atoms with Gasteiger partial charge in [-0.2, -0.15) is 11.8 Å². The minimum Gasteiger partial charge on any atom is -0.356 e. The molecule has 0 bridgehead atoms. The molecule has 0 aromatic carbocycles. The first kappa shape index (κ1) is 12.6. The van der Waals surface area contributed by atoms with Gasteiger partial charge < -0.3 is 5.32 Å². The number of nitrogens with zero attached hydrogens (tertiary/aromatic N) is 1. The van der Waals surface area contributed by atoms with Crippen molar-refractivity contribution in [3.63, 3.8) is 0 Å². The quantitative estimate of drug-likeness (QED) is 0.265. The molecule has 0 amide bonds. The van der Waals surface area contributed by atoms with Crippen molar-refractivity contribution in [1.29, 1.82) is 0 Å². The highest BCUT2D eigenvalue weighted by Crippen LogP contribution is 2.08. The summed E-state index contributed by atoms with van der Waals surface area (Å²) in [6, 6.07) is 0. The Morgan fingerprint density at radius 1 is 1.62 bits per heavy atom. The Bertz CT molecular complexity index is 149. The molecule has 13 heavy (non-hydrogen) atoms. The Kier molecular flexibility index (Phi) is 7.93. The van der Waals surface area contributed by atoms with Crippen molar-refractivity contribution in [2.45, 2.75) is 25.5 Å². The molecule has 0 heterocycles. The van der Waals surface area contributed by atoms with Gasteiger partial charge in [0.2, 0.25) is 5.96 Å². The van der Waals surface area contributed by atoms with Crippen molar-refractivity contribution in [3.8, 4) is 0 Å². The maximum absolute atomic E-state index is 5.26. The van der Waals surface area contributed by atoms with Crippen LogP contribution in [0.1, 0.15) is 20.3 Å². The Morgan fingerprint density at radius 3 is 2.77 bits per heavy atom. The third kappa shape index (κ3) is 6.72. The van der Waals surface area contributed by atoms with Crippen LogP contribution in [-0.4, -0.2) is 30.6 Å². The van der Waals surface area contributed by atoms with E-state index in [0.29, 0.717) is 11.2 Å². The van der Waals surface area contributed by atoms with Crippen LogP contribution in [0.15, 0.2) is 4.99 Å². The van der Waals surface area contributed by atoms with Crippen LogP contribution >= 0.6 is 11.8 Å². The van der Waals surface area contributed by atoms with Gasteiger partial charge in [-0.3, -0.25) is 10.4 Å². The zero-order valence-corrected chi connectivity index (χ0v) is 9.45. The summed E-state index contributed by atoms with van der Waals surface area (Å²) in [7, 11) is 0. The smallest absolute Gasteiger partial charge is 0.205 e. The molecule has 0 saturated carbocycles. The number of thioether (sulfide) groups is 1. The summed E-state index contributed by atoms with van der Waals surface area (Å²) in [5, 5.41) is 3.69. The van der Waals surface area contributed by atoms with E-state index in [1.807, 2.05) is 18.7 Å². The van der Waals surface area contributed by atoms with Crippen molar-refractivity contribution in [2.24, 2.45) is 10.8 Å². The predicted octanol–water partition coefficient (Wildman–Crippen LogP) is 0.557. The molecule has 0 rings (SSSR count). The van der Waals surface area contributed by atoms with E-state index in [4.69, 9.17) is 5.84 Å². The molecule has 1 unspecified atom stereocenters. The topological polar surface area (TPSA) is 62.4 Å². The summed E-state index contributed by atoms with van der Waals surface area (Å²) >= 11 is 1.86. The lowest BCUT2D eigenvalue weighted by Crippen LogP contribution is -2.41. The molecule has 0 aromatic heterocycles. The van der Waals surface area contributed by atoms with Gasteiger partial charge in [0.1, 0.15) is 0 Å². The van der Waals surface area contributed by atoms with Crippen molar-refractivity contribution >= 4 is 17.7 Å². The molecule has 0 aliphatic rings. The fraction of sp³-hybridized carbons (Fsp3) is 0.875. The third-order valence-corrected chi connectivity index (χ3v) is 2.73. The van der Waals surface area contributed by atoms with Crippen LogP contribution in [0.5, 0.6) is 0 Å². The van der Waals surface area contributed by atoms with Crippen molar-refractivity contribution < 1.29 is 0 Å². The largest absolute Gasteiger partial charge is 0.356 e. The minimum atomic E-state index is 0.657. The first-order valence-corrected chi connectivity index (χ1v) is 5.81. The van der Waals surface area contributed by atoms with Gasteiger partial charge in [-0.15, -0.1) is 0 Å². The number of hydrazine groups is 1. The average Bonchev–Trinajstić information content (AvgIpc) is 2.16. The maximum atomic E-state index is 5.26. The lowest BCUT2D eigenvalue weighted by molar-refractivity contribution is 0.795. The van der Waals surface area contributed by atoms with Gasteiger partial charge in [0, 0.05) is 18.3 Å². The number of nitrogens with two attached hydrogens (primary N) is 1. The molecular formula is C8H20N4S. The van der Waals surface area contributed by atoms with Gasteiger partial charge in [0.25, 0.3) is 0 Å². The molecule has 0 fully saturated rings. The molecule has 0 aromatic rings. The van der Waals surface area contributed by atoms with E-state index < -0.39 is 0 Å². The lowest BCUT2D eigenvalue weighted by atomic mass is 10.3. The second-order valence-corrected chi connectivity index (χ2v) is 4.02. The molecule has 0 aliphatic carbocycles. The number of guanidine groups is 1. The van der Waals surface area contributed by atoms with E-state index in [2.05, 4.69) is 28.9 Å². The molecule has 0 aliphatic heterocycles. The highest BCUT2D eigenvalue weighted by molar-refractivity contribution is 7.99. The summed E-state index contributed by atoms with van der Waals surface area (Å²) in [4.78, 5) is 4.28. The zero-order valence-electron chi connectivity index (χ0n) is 8.63. The maximum Gasteiger partial charge on any atom is 0.205 e. The van der Waals surface area contributed by atoms with Crippen molar-refractivity contribution in [3.05, 3.63) is 0 Å². The normalized spacial score (nSPS) is 14.0. The molecule has 0 radical (unpaired) electrons. The number of aliphatic imine (C=N–C) groups is 1. The Hall–Kier alpha value is -0.420. The zero-order chi connectivity index (χ0) is 10.1. The second kappa shape index (κ2) is 8.19. The van der Waals surface area contributed by atoms with Crippen molar-refractivity contribution in [2.75, 3.05) is 19.3 Å². The van der Waals surface area contributed by atoms with Crippen LogP contribution in [-0.2, 0) is 0 Å². The molecule has 5 heteroatoms. The van der Waals surface area contributed by atoms with Gasteiger partial charge >= 0.3 is 0 Å². The monoisotopic (exact) mass is 204 g/mol. The summed E-state index contributed by atoms with van der Waals surface area (Å²) in [5.41, 5.74) is 2.53. The lowest BCUT2D eigenvalue weighted by Gasteiger charge is -2.08. The first-order valence-electron chi connectivity index (χ1n) is 4.52.